The lowest BCUT2D eigenvalue weighted by molar-refractivity contribution is 0.218. The molecule has 0 aromatic carbocycles. The average molecular weight is 251 g/mol. The summed E-state index contributed by atoms with van der Waals surface area (Å²) in [5.41, 5.74) is 0. The zero-order chi connectivity index (χ0) is 12.8. The van der Waals surface area contributed by atoms with Crippen LogP contribution in [0.15, 0.2) is 0 Å². The standard InChI is InChI=1S/C17H33N/c1-3-6-15-9-11-16(12-10-15)18-17-8-5-7-14(4-2)13-17/h14-18H,3-13H2,1-2H3. The van der Waals surface area contributed by atoms with E-state index in [1.165, 1.54) is 70.6 Å². The lowest BCUT2D eigenvalue weighted by atomic mass is 9.81. The Bertz CT molecular complexity index is 218. The fraction of sp³-hybridized carbons (Fsp3) is 1.00. The molecule has 2 unspecified atom stereocenters. The van der Waals surface area contributed by atoms with Gasteiger partial charge in [-0.3, -0.25) is 0 Å². The van der Waals surface area contributed by atoms with Gasteiger partial charge in [0.1, 0.15) is 0 Å². The summed E-state index contributed by atoms with van der Waals surface area (Å²) in [5, 5.41) is 3.98. The van der Waals surface area contributed by atoms with E-state index in [1.54, 1.807) is 0 Å². The maximum Gasteiger partial charge on any atom is 0.00722 e. The number of hydrogen-bond acceptors (Lipinski definition) is 1. The maximum absolute atomic E-state index is 3.98. The van der Waals surface area contributed by atoms with Gasteiger partial charge >= 0.3 is 0 Å². The summed E-state index contributed by atoms with van der Waals surface area (Å²) in [7, 11) is 0. The highest BCUT2D eigenvalue weighted by Crippen LogP contribution is 2.31. The Morgan fingerprint density at radius 1 is 0.833 bits per heavy atom. The van der Waals surface area contributed by atoms with Gasteiger partial charge in [0, 0.05) is 12.1 Å². The molecule has 2 aliphatic carbocycles. The van der Waals surface area contributed by atoms with Crippen molar-refractivity contribution < 1.29 is 0 Å². The highest BCUT2D eigenvalue weighted by atomic mass is 15.0. The third kappa shape index (κ3) is 4.26. The molecule has 0 heterocycles. The predicted molar refractivity (Wildman–Crippen MR) is 79.8 cm³/mol. The molecule has 0 aromatic heterocycles. The molecule has 0 aliphatic heterocycles. The van der Waals surface area contributed by atoms with Gasteiger partial charge in [0.05, 0.1) is 0 Å². The van der Waals surface area contributed by atoms with E-state index in [4.69, 9.17) is 0 Å². The Labute approximate surface area is 114 Å². The maximum atomic E-state index is 3.98. The largest absolute Gasteiger partial charge is 0.311 e. The Hall–Kier alpha value is -0.0400. The summed E-state index contributed by atoms with van der Waals surface area (Å²) in [6, 6.07) is 1.69. The smallest absolute Gasteiger partial charge is 0.00722 e. The lowest BCUT2D eigenvalue weighted by Gasteiger charge is -2.35. The second-order valence-corrected chi connectivity index (χ2v) is 6.81. The molecular formula is C17H33N. The summed E-state index contributed by atoms with van der Waals surface area (Å²) in [6.45, 7) is 4.69. The van der Waals surface area contributed by atoms with Gasteiger partial charge < -0.3 is 5.32 Å². The molecule has 0 spiro atoms. The molecule has 2 saturated carbocycles. The molecule has 1 N–H and O–H groups in total. The van der Waals surface area contributed by atoms with Crippen LogP contribution in [0.25, 0.3) is 0 Å². The summed E-state index contributed by atoms with van der Waals surface area (Å²) >= 11 is 0. The van der Waals surface area contributed by atoms with Crippen LogP contribution in [0.2, 0.25) is 0 Å². The van der Waals surface area contributed by atoms with Crippen LogP contribution >= 0.6 is 0 Å². The van der Waals surface area contributed by atoms with Crippen LogP contribution in [0.4, 0.5) is 0 Å². The van der Waals surface area contributed by atoms with Crippen molar-refractivity contribution in [2.75, 3.05) is 0 Å². The van der Waals surface area contributed by atoms with Crippen molar-refractivity contribution >= 4 is 0 Å². The first kappa shape index (κ1) is 14.4. The molecule has 2 fully saturated rings. The third-order valence-electron chi connectivity index (χ3n) is 5.38. The molecule has 1 heteroatoms. The number of nitrogens with one attached hydrogen (secondary N) is 1. The topological polar surface area (TPSA) is 12.0 Å². The molecule has 0 amide bonds. The minimum absolute atomic E-state index is 0.844. The van der Waals surface area contributed by atoms with Crippen molar-refractivity contribution in [3.63, 3.8) is 0 Å². The zero-order valence-electron chi connectivity index (χ0n) is 12.6. The van der Waals surface area contributed by atoms with E-state index < -0.39 is 0 Å². The van der Waals surface area contributed by atoms with Gasteiger partial charge in [-0.2, -0.15) is 0 Å². The van der Waals surface area contributed by atoms with Gasteiger partial charge in [0.25, 0.3) is 0 Å². The fourth-order valence-electron chi connectivity index (χ4n) is 4.17. The van der Waals surface area contributed by atoms with Gasteiger partial charge in [-0.15, -0.1) is 0 Å². The van der Waals surface area contributed by atoms with E-state index in [1.807, 2.05) is 0 Å². The van der Waals surface area contributed by atoms with Crippen molar-refractivity contribution in [3.8, 4) is 0 Å². The minimum atomic E-state index is 0.844. The van der Waals surface area contributed by atoms with Gasteiger partial charge in [0.2, 0.25) is 0 Å². The van der Waals surface area contributed by atoms with Crippen LogP contribution in [-0.2, 0) is 0 Å². The van der Waals surface area contributed by atoms with Crippen molar-refractivity contribution in [1.29, 1.82) is 0 Å². The highest BCUT2D eigenvalue weighted by Gasteiger charge is 2.25. The van der Waals surface area contributed by atoms with E-state index in [0.29, 0.717) is 0 Å². The van der Waals surface area contributed by atoms with E-state index in [2.05, 4.69) is 19.2 Å². The molecule has 2 aliphatic rings. The average Bonchev–Trinajstić information content (AvgIpc) is 2.42. The SMILES string of the molecule is CCCC1CCC(NC2CCCC(CC)C2)CC1. The molecule has 0 aromatic rings. The summed E-state index contributed by atoms with van der Waals surface area (Å²) in [4.78, 5) is 0. The molecule has 2 atom stereocenters. The minimum Gasteiger partial charge on any atom is -0.311 e. The quantitative estimate of drug-likeness (QED) is 0.732. The van der Waals surface area contributed by atoms with Crippen LogP contribution < -0.4 is 5.32 Å². The molecule has 18 heavy (non-hydrogen) atoms. The van der Waals surface area contributed by atoms with E-state index in [0.717, 1.165) is 23.9 Å². The Morgan fingerprint density at radius 3 is 2.28 bits per heavy atom. The molecule has 0 saturated heterocycles. The van der Waals surface area contributed by atoms with Gasteiger partial charge in [-0.1, -0.05) is 46.0 Å². The van der Waals surface area contributed by atoms with Crippen LogP contribution in [0.1, 0.15) is 84.5 Å². The van der Waals surface area contributed by atoms with E-state index in [9.17, 15) is 0 Å². The normalized spacial score (nSPS) is 37.7. The van der Waals surface area contributed by atoms with E-state index in [-0.39, 0.29) is 0 Å². The highest BCUT2D eigenvalue weighted by molar-refractivity contribution is 4.83. The van der Waals surface area contributed by atoms with Gasteiger partial charge in [-0.05, 0) is 50.4 Å². The van der Waals surface area contributed by atoms with Crippen molar-refractivity contribution in [2.45, 2.75) is 96.6 Å². The van der Waals surface area contributed by atoms with Crippen LogP contribution in [0.3, 0.4) is 0 Å². The van der Waals surface area contributed by atoms with Gasteiger partial charge in [0.15, 0.2) is 0 Å². The van der Waals surface area contributed by atoms with Crippen LogP contribution in [-0.4, -0.2) is 12.1 Å². The first-order valence-corrected chi connectivity index (χ1v) is 8.57. The zero-order valence-corrected chi connectivity index (χ0v) is 12.6. The second-order valence-electron chi connectivity index (χ2n) is 6.81. The summed E-state index contributed by atoms with van der Waals surface area (Å²) < 4.78 is 0. The van der Waals surface area contributed by atoms with Gasteiger partial charge in [-0.25, -0.2) is 0 Å². The number of hydrogen-bond donors (Lipinski definition) is 1. The molecular weight excluding hydrogens is 218 g/mol. The molecule has 1 nitrogen and oxygen atoms in total. The molecule has 106 valence electrons. The lowest BCUT2D eigenvalue weighted by Crippen LogP contribution is -2.42. The number of rotatable bonds is 5. The monoisotopic (exact) mass is 251 g/mol. The van der Waals surface area contributed by atoms with Crippen molar-refractivity contribution in [1.82, 2.24) is 5.32 Å². The first-order valence-electron chi connectivity index (χ1n) is 8.57. The van der Waals surface area contributed by atoms with Crippen molar-refractivity contribution in [3.05, 3.63) is 0 Å². The predicted octanol–water partition coefficient (Wildman–Crippen LogP) is 4.90. The second kappa shape index (κ2) is 7.53. The first-order chi connectivity index (χ1) is 8.81. The third-order valence-corrected chi connectivity index (χ3v) is 5.38. The molecule has 0 radical (unpaired) electrons. The fourth-order valence-corrected chi connectivity index (χ4v) is 4.17. The van der Waals surface area contributed by atoms with Crippen LogP contribution in [0.5, 0.6) is 0 Å². The van der Waals surface area contributed by atoms with Crippen molar-refractivity contribution in [2.24, 2.45) is 11.8 Å². The van der Waals surface area contributed by atoms with E-state index >= 15 is 0 Å². The summed E-state index contributed by atoms with van der Waals surface area (Å²) in [5.74, 6) is 2.05. The van der Waals surface area contributed by atoms with Crippen LogP contribution in [0, 0.1) is 11.8 Å². The Kier molecular flexibility index (Phi) is 6.01. The summed E-state index contributed by atoms with van der Waals surface area (Å²) in [6.07, 6.45) is 15.9. The molecule has 0 bridgehead atoms. The molecule has 2 rings (SSSR count). The Morgan fingerprint density at radius 2 is 1.61 bits per heavy atom. The Balaban J connectivity index is 1.67.